The molecule has 10 heteroatoms. The third-order valence-electron chi connectivity index (χ3n) is 5.39. The summed E-state index contributed by atoms with van der Waals surface area (Å²) in [5.41, 5.74) is 1.46. The highest BCUT2D eigenvalue weighted by atomic mass is 35.5. The van der Waals surface area contributed by atoms with Crippen LogP contribution in [0.25, 0.3) is 6.08 Å². The van der Waals surface area contributed by atoms with Gasteiger partial charge in [-0.1, -0.05) is 17.7 Å². The second-order valence-electron chi connectivity index (χ2n) is 7.79. The molecule has 0 unspecified atom stereocenters. The van der Waals surface area contributed by atoms with Crippen molar-refractivity contribution < 1.29 is 38.0 Å². The van der Waals surface area contributed by atoms with Gasteiger partial charge in [-0.25, -0.2) is 14.6 Å². The average Bonchev–Trinajstić information content (AvgIpc) is 3.29. The summed E-state index contributed by atoms with van der Waals surface area (Å²) in [4.78, 5) is 29.5. The monoisotopic (exact) mass is 537 g/mol. The molecule has 0 aliphatic carbocycles. The zero-order chi connectivity index (χ0) is 27.2. The molecular formula is C28H24ClNO8. The van der Waals surface area contributed by atoms with Crippen LogP contribution in [0.3, 0.4) is 0 Å². The highest BCUT2D eigenvalue weighted by Gasteiger charge is 2.27. The summed E-state index contributed by atoms with van der Waals surface area (Å²) in [5, 5.41) is 0.510. The Morgan fingerprint density at radius 1 is 0.921 bits per heavy atom. The molecule has 9 nitrogen and oxygen atoms in total. The van der Waals surface area contributed by atoms with Gasteiger partial charge in [-0.05, 0) is 67.1 Å². The fourth-order valence-electron chi connectivity index (χ4n) is 3.61. The minimum Gasteiger partial charge on any atom is -0.493 e. The summed E-state index contributed by atoms with van der Waals surface area (Å²) in [5.74, 6) is 0.622. The van der Waals surface area contributed by atoms with Crippen molar-refractivity contribution in [3.8, 4) is 28.7 Å². The predicted octanol–water partition coefficient (Wildman–Crippen LogP) is 5.33. The molecule has 0 amide bonds. The summed E-state index contributed by atoms with van der Waals surface area (Å²) >= 11 is 5.89. The number of rotatable bonds is 9. The average molecular weight is 538 g/mol. The van der Waals surface area contributed by atoms with Gasteiger partial charge in [0.25, 0.3) is 0 Å². The minimum atomic E-state index is -0.634. The van der Waals surface area contributed by atoms with E-state index in [1.807, 2.05) is 0 Å². The van der Waals surface area contributed by atoms with Gasteiger partial charge in [0.2, 0.25) is 11.6 Å². The fraction of sp³-hybridized carbons (Fsp3) is 0.179. The molecule has 4 rings (SSSR count). The highest BCUT2D eigenvalue weighted by molar-refractivity contribution is 6.30. The van der Waals surface area contributed by atoms with Gasteiger partial charge in [-0.15, -0.1) is 0 Å². The number of benzene rings is 3. The highest BCUT2D eigenvalue weighted by Crippen LogP contribution is 2.39. The normalized spacial score (nSPS) is 13.6. The zero-order valence-electron chi connectivity index (χ0n) is 21.1. The first-order chi connectivity index (χ1) is 18.4. The van der Waals surface area contributed by atoms with E-state index in [-0.39, 0.29) is 17.3 Å². The number of nitrogens with zero attached hydrogens (tertiary/aromatic N) is 1. The lowest BCUT2D eigenvalue weighted by molar-refractivity contribution is -0.129. The van der Waals surface area contributed by atoms with Crippen LogP contribution in [0.4, 0.5) is 0 Å². The molecule has 1 aliphatic heterocycles. The Morgan fingerprint density at radius 2 is 1.61 bits per heavy atom. The first-order valence-corrected chi connectivity index (χ1v) is 11.8. The van der Waals surface area contributed by atoms with E-state index in [9.17, 15) is 9.59 Å². The smallest absolute Gasteiger partial charge is 0.363 e. The van der Waals surface area contributed by atoms with E-state index in [1.165, 1.54) is 21.3 Å². The van der Waals surface area contributed by atoms with Crippen LogP contribution in [0.1, 0.15) is 28.4 Å². The quantitative estimate of drug-likeness (QED) is 0.205. The van der Waals surface area contributed by atoms with Crippen molar-refractivity contribution in [2.24, 2.45) is 4.99 Å². The maximum atomic E-state index is 12.6. The number of cyclic esters (lactones) is 1. The van der Waals surface area contributed by atoms with Crippen molar-refractivity contribution in [2.45, 2.75) is 6.92 Å². The minimum absolute atomic E-state index is 0.0714. The van der Waals surface area contributed by atoms with Gasteiger partial charge in [0.15, 0.2) is 28.7 Å². The molecule has 0 aromatic heterocycles. The molecule has 0 spiro atoms. The molecule has 1 heterocycles. The van der Waals surface area contributed by atoms with Crippen LogP contribution in [0, 0.1) is 0 Å². The molecule has 0 saturated heterocycles. The Kier molecular flexibility index (Phi) is 8.18. The molecule has 0 saturated carbocycles. The van der Waals surface area contributed by atoms with Crippen LogP contribution in [0.15, 0.2) is 65.3 Å². The van der Waals surface area contributed by atoms with E-state index >= 15 is 0 Å². The van der Waals surface area contributed by atoms with Crippen molar-refractivity contribution in [1.82, 2.24) is 0 Å². The Bertz CT molecular complexity index is 1400. The standard InChI is InChI=1S/C28H24ClNO8/c1-5-36-22-13-16(6-11-21(22)37-27(31)17-7-9-19(29)10-8-17)12-20-28(32)38-26(30-20)18-14-23(33-2)25(35-4)24(15-18)34-3/h6-15H,5H2,1-4H3/b20-12+. The molecule has 0 radical (unpaired) electrons. The number of halogens is 1. The summed E-state index contributed by atoms with van der Waals surface area (Å²) in [6, 6.07) is 14.5. The zero-order valence-corrected chi connectivity index (χ0v) is 21.8. The van der Waals surface area contributed by atoms with Gasteiger partial charge in [-0.3, -0.25) is 0 Å². The maximum Gasteiger partial charge on any atom is 0.363 e. The molecule has 38 heavy (non-hydrogen) atoms. The predicted molar refractivity (Wildman–Crippen MR) is 141 cm³/mol. The number of methoxy groups -OCH3 is 3. The molecular weight excluding hydrogens is 514 g/mol. The number of aliphatic imine (C=N–C) groups is 1. The molecule has 0 bridgehead atoms. The molecule has 0 fully saturated rings. The third kappa shape index (κ3) is 5.73. The van der Waals surface area contributed by atoms with Gasteiger partial charge in [0, 0.05) is 10.6 Å². The Labute approximate surface area is 224 Å². The van der Waals surface area contributed by atoms with Crippen LogP contribution in [0.2, 0.25) is 5.02 Å². The largest absolute Gasteiger partial charge is 0.493 e. The number of ether oxygens (including phenoxy) is 6. The Morgan fingerprint density at radius 3 is 2.21 bits per heavy atom. The lowest BCUT2D eigenvalue weighted by Crippen LogP contribution is -2.09. The van der Waals surface area contributed by atoms with Crippen molar-refractivity contribution in [1.29, 1.82) is 0 Å². The lowest BCUT2D eigenvalue weighted by Gasteiger charge is -2.13. The molecule has 0 atom stereocenters. The number of hydrogen-bond donors (Lipinski definition) is 0. The third-order valence-corrected chi connectivity index (χ3v) is 5.64. The summed E-state index contributed by atoms with van der Waals surface area (Å²) in [6.45, 7) is 2.13. The number of carbonyl (C=O) groups is 2. The second kappa shape index (κ2) is 11.7. The van der Waals surface area contributed by atoms with Gasteiger partial charge < -0.3 is 28.4 Å². The number of carbonyl (C=O) groups excluding carboxylic acids is 2. The van der Waals surface area contributed by atoms with Crippen LogP contribution in [0.5, 0.6) is 28.7 Å². The summed E-state index contributed by atoms with van der Waals surface area (Å²) in [7, 11) is 4.47. The van der Waals surface area contributed by atoms with Crippen molar-refractivity contribution in [2.75, 3.05) is 27.9 Å². The maximum absolute atomic E-state index is 12.6. The first kappa shape index (κ1) is 26.6. The topological polar surface area (TPSA) is 102 Å². The van der Waals surface area contributed by atoms with Crippen LogP contribution < -0.4 is 23.7 Å². The van der Waals surface area contributed by atoms with Crippen LogP contribution in [-0.2, 0) is 9.53 Å². The fourth-order valence-corrected chi connectivity index (χ4v) is 3.73. The van der Waals surface area contributed by atoms with Crippen LogP contribution in [-0.4, -0.2) is 45.8 Å². The van der Waals surface area contributed by atoms with E-state index in [0.717, 1.165) is 0 Å². The van der Waals surface area contributed by atoms with Crippen LogP contribution >= 0.6 is 11.6 Å². The SMILES string of the molecule is CCOc1cc(/C=C2/N=C(c3cc(OC)c(OC)c(OC)c3)OC2=O)ccc1OC(=O)c1ccc(Cl)cc1. The Hall–Kier alpha value is -4.50. The summed E-state index contributed by atoms with van der Waals surface area (Å²) in [6.07, 6.45) is 1.54. The van der Waals surface area contributed by atoms with Gasteiger partial charge >= 0.3 is 11.9 Å². The van der Waals surface area contributed by atoms with Gasteiger partial charge in [-0.2, -0.15) is 0 Å². The second-order valence-corrected chi connectivity index (χ2v) is 8.22. The number of hydrogen-bond acceptors (Lipinski definition) is 9. The van der Waals surface area contributed by atoms with E-state index in [4.69, 9.17) is 40.0 Å². The lowest BCUT2D eigenvalue weighted by atomic mass is 10.1. The van der Waals surface area contributed by atoms with Crippen molar-refractivity contribution in [3.63, 3.8) is 0 Å². The molecule has 3 aromatic rings. The molecule has 3 aromatic carbocycles. The Balaban J connectivity index is 1.62. The van der Waals surface area contributed by atoms with Crippen molar-refractivity contribution >= 4 is 35.5 Å². The van der Waals surface area contributed by atoms with E-state index in [0.29, 0.717) is 51.3 Å². The first-order valence-electron chi connectivity index (χ1n) is 11.4. The number of esters is 2. The molecule has 196 valence electrons. The van der Waals surface area contributed by atoms with E-state index in [1.54, 1.807) is 67.6 Å². The van der Waals surface area contributed by atoms with Gasteiger partial charge in [0.1, 0.15) is 0 Å². The van der Waals surface area contributed by atoms with Crippen molar-refractivity contribution in [3.05, 3.63) is 82.0 Å². The van der Waals surface area contributed by atoms with E-state index < -0.39 is 11.9 Å². The molecule has 0 N–H and O–H groups in total. The van der Waals surface area contributed by atoms with Gasteiger partial charge in [0.05, 0.1) is 33.5 Å². The summed E-state index contributed by atoms with van der Waals surface area (Å²) < 4.78 is 32.7. The van der Waals surface area contributed by atoms with E-state index in [2.05, 4.69) is 4.99 Å². The molecule has 1 aliphatic rings.